The van der Waals surface area contributed by atoms with Crippen molar-refractivity contribution in [3.63, 3.8) is 0 Å². The molecule has 25 heavy (non-hydrogen) atoms. The average molecular weight is 362 g/mol. The van der Waals surface area contributed by atoms with Gasteiger partial charge < -0.3 is 15.4 Å². The van der Waals surface area contributed by atoms with Crippen molar-refractivity contribution >= 4 is 17.3 Å². The minimum atomic E-state index is 0.130. The number of aryl methyl sites for hydroxylation is 1. The second kappa shape index (κ2) is 9.98. The van der Waals surface area contributed by atoms with Gasteiger partial charge in [-0.1, -0.05) is 13.0 Å². The van der Waals surface area contributed by atoms with E-state index in [1.165, 1.54) is 4.88 Å². The summed E-state index contributed by atoms with van der Waals surface area (Å²) < 4.78 is 5.55. The summed E-state index contributed by atoms with van der Waals surface area (Å²) in [5.74, 6) is 1.42. The number of hydrogen-bond acceptors (Lipinski definition) is 5. The van der Waals surface area contributed by atoms with E-state index in [1.54, 1.807) is 18.4 Å². The van der Waals surface area contributed by atoms with Crippen molar-refractivity contribution in [3.8, 4) is 5.88 Å². The van der Waals surface area contributed by atoms with E-state index < -0.39 is 0 Å². The number of guanidine groups is 1. The Hall–Kier alpha value is -2.15. The van der Waals surface area contributed by atoms with Crippen LogP contribution in [0.4, 0.5) is 0 Å². The molecule has 0 spiro atoms. The molecular weight excluding hydrogens is 334 g/mol. The van der Waals surface area contributed by atoms with Gasteiger partial charge in [-0.15, -0.1) is 11.3 Å². The Kier molecular flexibility index (Phi) is 7.66. The molecule has 2 rings (SSSR count). The molecule has 0 atom stereocenters. The van der Waals surface area contributed by atoms with Gasteiger partial charge in [-0.25, -0.2) is 9.97 Å². The van der Waals surface area contributed by atoms with Crippen LogP contribution in [0.5, 0.6) is 5.88 Å². The summed E-state index contributed by atoms with van der Waals surface area (Å²) >= 11 is 1.78. The SMILES string of the molecule is CCc1cnc(CCNC(=NC)NCc2ccc(OC(C)C)nc2)s1. The molecule has 0 saturated heterocycles. The minimum Gasteiger partial charge on any atom is -0.475 e. The van der Waals surface area contributed by atoms with E-state index >= 15 is 0 Å². The number of hydrogen-bond donors (Lipinski definition) is 2. The zero-order chi connectivity index (χ0) is 18.1. The number of rotatable bonds is 8. The summed E-state index contributed by atoms with van der Waals surface area (Å²) in [6, 6.07) is 3.90. The van der Waals surface area contributed by atoms with Crippen LogP contribution in [-0.4, -0.2) is 35.6 Å². The fourth-order valence-electron chi connectivity index (χ4n) is 2.15. The van der Waals surface area contributed by atoms with Crippen molar-refractivity contribution in [2.75, 3.05) is 13.6 Å². The van der Waals surface area contributed by atoms with Crippen LogP contribution < -0.4 is 15.4 Å². The molecule has 0 fully saturated rings. The highest BCUT2D eigenvalue weighted by Gasteiger charge is 2.03. The van der Waals surface area contributed by atoms with Crippen molar-refractivity contribution in [1.82, 2.24) is 20.6 Å². The van der Waals surface area contributed by atoms with Gasteiger partial charge in [0, 0.05) is 49.9 Å². The van der Waals surface area contributed by atoms with E-state index in [4.69, 9.17) is 4.74 Å². The van der Waals surface area contributed by atoms with Crippen LogP contribution in [0.2, 0.25) is 0 Å². The summed E-state index contributed by atoms with van der Waals surface area (Å²) in [4.78, 5) is 14.3. The lowest BCUT2D eigenvalue weighted by Gasteiger charge is -2.12. The van der Waals surface area contributed by atoms with Gasteiger partial charge in [0.1, 0.15) is 0 Å². The molecule has 136 valence electrons. The first-order valence-corrected chi connectivity index (χ1v) is 9.42. The standard InChI is InChI=1S/C18H27N5OS/c1-5-15-12-22-17(25-15)8-9-20-18(19-4)23-11-14-6-7-16(21-10-14)24-13(2)3/h6-7,10,12-13H,5,8-9,11H2,1-4H3,(H2,19,20,23). The van der Waals surface area contributed by atoms with Crippen molar-refractivity contribution in [3.05, 3.63) is 40.0 Å². The quantitative estimate of drug-likeness (QED) is 0.559. The van der Waals surface area contributed by atoms with Gasteiger partial charge in [0.25, 0.3) is 0 Å². The molecule has 6 nitrogen and oxygen atoms in total. The van der Waals surface area contributed by atoms with Crippen molar-refractivity contribution in [2.45, 2.75) is 46.3 Å². The van der Waals surface area contributed by atoms with Gasteiger partial charge in [-0.3, -0.25) is 4.99 Å². The lowest BCUT2D eigenvalue weighted by atomic mass is 10.3. The lowest BCUT2D eigenvalue weighted by molar-refractivity contribution is 0.232. The Morgan fingerprint density at radius 1 is 1.24 bits per heavy atom. The van der Waals surface area contributed by atoms with Crippen LogP contribution in [0.15, 0.2) is 29.5 Å². The summed E-state index contributed by atoms with van der Waals surface area (Å²) in [6.07, 6.45) is 5.86. The molecule has 0 aliphatic heterocycles. The molecule has 2 N–H and O–H groups in total. The largest absolute Gasteiger partial charge is 0.475 e. The molecule has 7 heteroatoms. The lowest BCUT2D eigenvalue weighted by Crippen LogP contribution is -2.37. The Balaban J connectivity index is 1.74. The third-order valence-corrected chi connectivity index (χ3v) is 4.62. The fraction of sp³-hybridized carbons (Fsp3) is 0.500. The van der Waals surface area contributed by atoms with E-state index in [-0.39, 0.29) is 6.10 Å². The van der Waals surface area contributed by atoms with Gasteiger partial charge in [-0.2, -0.15) is 0 Å². The van der Waals surface area contributed by atoms with E-state index in [0.29, 0.717) is 12.4 Å². The first-order valence-electron chi connectivity index (χ1n) is 8.60. The third kappa shape index (κ3) is 6.70. The van der Waals surface area contributed by atoms with Gasteiger partial charge in [0.15, 0.2) is 5.96 Å². The molecule has 2 aromatic heterocycles. The van der Waals surface area contributed by atoms with Gasteiger partial charge >= 0.3 is 0 Å². The fourth-order valence-corrected chi connectivity index (χ4v) is 3.01. The number of aromatic nitrogens is 2. The second-order valence-electron chi connectivity index (χ2n) is 5.85. The molecule has 0 amide bonds. The summed E-state index contributed by atoms with van der Waals surface area (Å²) in [6.45, 7) is 7.59. The van der Waals surface area contributed by atoms with Gasteiger partial charge in [-0.05, 0) is 25.8 Å². The Bertz CT molecular complexity index is 666. The molecule has 2 heterocycles. The van der Waals surface area contributed by atoms with Crippen LogP contribution in [0.3, 0.4) is 0 Å². The van der Waals surface area contributed by atoms with Crippen molar-refractivity contribution in [1.29, 1.82) is 0 Å². The number of nitrogens with zero attached hydrogens (tertiary/aromatic N) is 3. The average Bonchev–Trinajstić information content (AvgIpc) is 3.06. The number of pyridine rings is 1. The monoisotopic (exact) mass is 361 g/mol. The van der Waals surface area contributed by atoms with Crippen molar-refractivity contribution in [2.24, 2.45) is 4.99 Å². The Labute approximate surface area is 153 Å². The Morgan fingerprint density at radius 3 is 2.68 bits per heavy atom. The maximum atomic E-state index is 5.55. The number of thiazole rings is 1. The smallest absolute Gasteiger partial charge is 0.213 e. The van der Waals surface area contributed by atoms with Gasteiger partial charge in [0.05, 0.1) is 11.1 Å². The van der Waals surface area contributed by atoms with Crippen LogP contribution in [0.25, 0.3) is 0 Å². The van der Waals surface area contributed by atoms with E-state index in [1.807, 2.05) is 38.4 Å². The van der Waals surface area contributed by atoms with Crippen LogP contribution in [0.1, 0.15) is 36.2 Å². The molecule has 0 aromatic carbocycles. The maximum Gasteiger partial charge on any atom is 0.213 e. The van der Waals surface area contributed by atoms with Crippen LogP contribution in [0, 0.1) is 0 Å². The normalized spacial score (nSPS) is 11.6. The summed E-state index contributed by atoms with van der Waals surface area (Å²) in [5.41, 5.74) is 1.08. The molecule has 0 bridgehead atoms. The number of ether oxygens (including phenoxy) is 1. The molecule has 0 saturated carbocycles. The molecule has 0 unspecified atom stereocenters. The first kappa shape index (κ1) is 19.2. The topological polar surface area (TPSA) is 71.4 Å². The number of nitrogens with one attached hydrogen (secondary N) is 2. The van der Waals surface area contributed by atoms with Crippen molar-refractivity contribution < 1.29 is 4.74 Å². The zero-order valence-electron chi connectivity index (χ0n) is 15.4. The third-order valence-electron chi connectivity index (χ3n) is 3.42. The maximum absolute atomic E-state index is 5.55. The highest BCUT2D eigenvalue weighted by molar-refractivity contribution is 7.11. The van der Waals surface area contributed by atoms with Gasteiger partial charge in [0.2, 0.25) is 5.88 Å². The minimum absolute atomic E-state index is 0.130. The predicted molar refractivity (Wildman–Crippen MR) is 103 cm³/mol. The van der Waals surface area contributed by atoms with Crippen LogP contribution in [-0.2, 0) is 19.4 Å². The molecular formula is C18H27N5OS. The highest BCUT2D eigenvalue weighted by atomic mass is 32.1. The highest BCUT2D eigenvalue weighted by Crippen LogP contribution is 2.13. The molecule has 0 radical (unpaired) electrons. The number of aliphatic imine (C=N–C) groups is 1. The molecule has 2 aromatic rings. The van der Waals surface area contributed by atoms with E-state index in [2.05, 4.69) is 32.5 Å². The van der Waals surface area contributed by atoms with Crippen LogP contribution >= 0.6 is 11.3 Å². The summed E-state index contributed by atoms with van der Waals surface area (Å²) in [5, 5.41) is 7.76. The Morgan fingerprint density at radius 2 is 2.08 bits per heavy atom. The first-order chi connectivity index (χ1) is 12.1. The van der Waals surface area contributed by atoms with E-state index in [0.717, 1.165) is 35.9 Å². The molecule has 0 aliphatic carbocycles. The predicted octanol–water partition coefficient (Wildman–Crippen LogP) is 2.80. The molecule has 0 aliphatic rings. The summed E-state index contributed by atoms with van der Waals surface area (Å²) in [7, 11) is 1.77. The second-order valence-corrected chi connectivity index (χ2v) is 7.05. The zero-order valence-corrected chi connectivity index (χ0v) is 16.2. The van der Waals surface area contributed by atoms with E-state index in [9.17, 15) is 0 Å².